The molecule has 18 heteroatoms. The fourth-order valence-corrected chi connectivity index (χ4v) is 12.0. The monoisotopic (exact) mass is 852 g/mol. The first-order chi connectivity index (χ1) is 28.5. The van der Waals surface area contributed by atoms with Crippen molar-refractivity contribution in [1.29, 1.82) is 0 Å². The van der Waals surface area contributed by atoms with Gasteiger partial charge in [0.15, 0.2) is 18.9 Å². The molecule has 22 atom stereocenters. The molecule has 3 saturated heterocycles. The van der Waals surface area contributed by atoms with Crippen molar-refractivity contribution in [2.75, 3.05) is 6.61 Å². The van der Waals surface area contributed by atoms with E-state index in [0.29, 0.717) is 44.9 Å². The summed E-state index contributed by atoms with van der Waals surface area (Å²) < 4.78 is 41.2. The second kappa shape index (κ2) is 16.7. The molecule has 9 N–H and O–H groups in total. The smallest absolute Gasteiger partial charge is 0.335 e. The highest BCUT2D eigenvalue weighted by molar-refractivity contribution is 5.67. The van der Waals surface area contributed by atoms with Gasteiger partial charge in [-0.1, -0.05) is 18.6 Å². The molecule has 0 unspecified atom stereocenters. The van der Waals surface area contributed by atoms with E-state index >= 15 is 0 Å². The highest BCUT2D eigenvalue weighted by Gasteiger charge is 2.68. The van der Waals surface area contributed by atoms with Gasteiger partial charge in [-0.25, -0.2) is 4.79 Å². The van der Waals surface area contributed by atoms with Gasteiger partial charge in [0, 0.05) is 11.5 Å². The summed E-state index contributed by atoms with van der Waals surface area (Å²) in [6.07, 6.45) is -14.1. The number of rotatable bonds is 9. The van der Waals surface area contributed by atoms with E-state index in [1.807, 2.05) is 6.08 Å². The summed E-state index contributed by atoms with van der Waals surface area (Å²) in [5, 5.41) is 97.5. The molecule has 3 aliphatic heterocycles. The summed E-state index contributed by atoms with van der Waals surface area (Å²) in [5.74, 6) is -0.262. The van der Waals surface area contributed by atoms with Crippen LogP contribution in [-0.2, 0) is 33.2 Å². The Morgan fingerprint density at radius 1 is 0.733 bits per heavy atom. The molecule has 4 heterocycles. The van der Waals surface area contributed by atoms with Gasteiger partial charge in [0.25, 0.3) is 0 Å². The molecule has 1 aromatic rings. The lowest BCUT2D eigenvalue weighted by Crippen LogP contribution is -2.66. The van der Waals surface area contributed by atoms with Crippen LogP contribution in [0.15, 0.2) is 39.3 Å². The van der Waals surface area contributed by atoms with Crippen LogP contribution in [0.4, 0.5) is 0 Å². The highest BCUT2D eigenvalue weighted by Crippen LogP contribution is 2.70. The Bertz CT molecular complexity index is 1770. The summed E-state index contributed by atoms with van der Waals surface area (Å²) in [5.41, 5.74) is -0.988. The van der Waals surface area contributed by atoms with E-state index in [-0.39, 0.29) is 17.8 Å². The Morgan fingerprint density at radius 3 is 2.08 bits per heavy atom. The zero-order valence-corrected chi connectivity index (χ0v) is 33.9. The van der Waals surface area contributed by atoms with Gasteiger partial charge < -0.3 is 83.6 Å². The SMILES string of the molecule is C[C@@H]1O[C@@H](O[C@H]2[C@@H](O)[C@H](O[C@@H]3C=C4CC[C@@H]5[C@H](CC[C@]6(C)[C@@H](c7ccc(=O)oc7)CC[C@]56O)[C@@]4(C=O)CC3)O[C@@H](C)[C@@H]2O[C@@H]2O[C@H](CO)[C@@H](O)[C@H](O)[C@H]2O)[C@H](O)[C@H](O)[C@H]1O. The van der Waals surface area contributed by atoms with Crippen LogP contribution in [0, 0.1) is 22.7 Å². The second-order valence-electron chi connectivity index (χ2n) is 18.5. The predicted octanol–water partition coefficient (Wildman–Crippen LogP) is -1.13. The normalized spacial score (nSPS) is 51.8. The predicted molar refractivity (Wildman–Crippen MR) is 202 cm³/mol. The summed E-state index contributed by atoms with van der Waals surface area (Å²) in [6, 6.07) is 3.20. The molecular formula is C42H60O18. The lowest BCUT2D eigenvalue weighted by atomic mass is 9.45. The first-order valence-corrected chi connectivity index (χ1v) is 21.3. The van der Waals surface area contributed by atoms with Gasteiger partial charge >= 0.3 is 5.63 Å². The fraction of sp³-hybridized carbons (Fsp3) is 0.810. The van der Waals surface area contributed by atoms with E-state index < -0.39 is 127 Å². The first-order valence-electron chi connectivity index (χ1n) is 21.3. The molecule has 8 rings (SSSR count). The number of allylic oxidation sites excluding steroid dienone is 1. The molecule has 60 heavy (non-hydrogen) atoms. The standard InChI is InChI=1S/C42H60O18/c1-18-28(46)30(48)32(50)37(55-18)60-36-34(52)39(56-19(2)35(36)59-38-33(51)31(49)29(47)26(15-43)58-38)57-22-8-12-41(17-44)21(14-22)5-6-25-24(41)9-11-40(3)23(10-13-42(25,40)53)20-4-7-27(45)54-16-20/h4,7,14,16-19,22-26,28-39,43,46-53H,5-6,8-13,15H2,1-3H3/t18-,19-,22-,23+,24-,25+,26+,28-,29+,30+,31-,32+,33+,34+,35-,36-,37-,38-,39-,40+,41+,42-/m0/s1. The molecule has 7 aliphatic rings. The molecule has 3 saturated carbocycles. The maximum atomic E-state index is 13.3. The van der Waals surface area contributed by atoms with Crippen LogP contribution in [-0.4, -0.2) is 163 Å². The third-order valence-electron chi connectivity index (χ3n) is 15.5. The molecule has 0 amide bonds. The number of hydrogen-bond donors (Lipinski definition) is 9. The van der Waals surface area contributed by atoms with Gasteiger partial charge in [0.1, 0.15) is 67.3 Å². The van der Waals surface area contributed by atoms with Crippen molar-refractivity contribution in [3.8, 4) is 0 Å². The maximum absolute atomic E-state index is 13.3. The number of aliphatic hydroxyl groups excluding tert-OH is 8. The molecule has 0 aromatic carbocycles. The van der Waals surface area contributed by atoms with Gasteiger partial charge in [0.2, 0.25) is 0 Å². The Morgan fingerprint density at radius 2 is 1.40 bits per heavy atom. The summed E-state index contributed by atoms with van der Waals surface area (Å²) in [7, 11) is 0. The largest absolute Gasteiger partial charge is 0.431 e. The molecule has 0 bridgehead atoms. The average molecular weight is 853 g/mol. The van der Waals surface area contributed by atoms with Crippen LogP contribution < -0.4 is 5.63 Å². The molecule has 18 nitrogen and oxygen atoms in total. The lowest BCUT2D eigenvalue weighted by molar-refractivity contribution is -0.384. The summed E-state index contributed by atoms with van der Waals surface area (Å²) in [4.78, 5) is 25.1. The topological polar surface area (TPSA) is 285 Å². The van der Waals surface area contributed by atoms with Gasteiger partial charge in [-0.15, -0.1) is 0 Å². The van der Waals surface area contributed by atoms with Gasteiger partial charge in [-0.05, 0) is 94.6 Å². The zero-order chi connectivity index (χ0) is 43.1. The fourth-order valence-electron chi connectivity index (χ4n) is 12.0. The van der Waals surface area contributed by atoms with Crippen LogP contribution >= 0.6 is 0 Å². The quantitative estimate of drug-likeness (QED) is 0.105. The van der Waals surface area contributed by atoms with Crippen molar-refractivity contribution < 1.29 is 83.6 Å². The number of ether oxygens (including phenoxy) is 6. The zero-order valence-electron chi connectivity index (χ0n) is 33.9. The lowest BCUT2D eigenvalue weighted by Gasteiger charge is -2.61. The first kappa shape index (κ1) is 44.4. The van der Waals surface area contributed by atoms with Gasteiger partial charge in [0.05, 0.1) is 42.2 Å². The number of carbonyl (C=O) groups is 1. The maximum Gasteiger partial charge on any atom is 0.335 e. The van der Waals surface area contributed by atoms with E-state index in [4.69, 9.17) is 32.8 Å². The molecule has 336 valence electrons. The van der Waals surface area contributed by atoms with E-state index in [2.05, 4.69) is 6.92 Å². The minimum atomic E-state index is -1.81. The van der Waals surface area contributed by atoms with Crippen LogP contribution in [0.1, 0.15) is 83.6 Å². The van der Waals surface area contributed by atoms with Crippen LogP contribution in [0.2, 0.25) is 0 Å². The van der Waals surface area contributed by atoms with Crippen LogP contribution in [0.25, 0.3) is 0 Å². The van der Waals surface area contributed by atoms with Crippen molar-refractivity contribution in [2.24, 2.45) is 22.7 Å². The van der Waals surface area contributed by atoms with E-state index in [1.54, 1.807) is 13.0 Å². The molecule has 0 radical (unpaired) electrons. The van der Waals surface area contributed by atoms with Gasteiger partial charge in [-0.2, -0.15) is 0 Å². The Kier molecular flexibility index (Phi) is 12.4. The molecule has 4 aliphatic carbocycles. The van der Waals surface area contributed by atoms with E-state index in [1.165, 1.54) is 19.3 Å². The second-order valence-corrected chi connectivity index (χ2v) is 18.5. The van der Waals surface area contributed by atoms with E-state index in [0.717, 1.165) is 23.8 Å². The van der Waals surface area contributed by atoms with Crippen molar-refractivity contribution in [2.45, 2.75) is 182 Å². The number of aldehydes is 1. The number of aliphatic hydroxyl groups is 9. The molecule has 1 aromatic heterocycles. The Labute approximate surface area is 346 Å². The Balaban J connectivity index is 1.01. The van der Waals surface area contributed by atoms with Crippen molar-refractivity contribution in [1.82, 2.24) is 0 Å². The summed E-state index contributed by atoms with van der Waals surface area (Å²) in [6.45, 7) is 4.42. The molecular weight excluding hydrogens is 792 g/mol. The highest BCUT2D eigenvalue weighted by atomic mass is 16.8. The molecule has 6 fully saturated rings. The third kappa shape index (κ3) is 7.17. The number of carbonyl (C=O) groups excluding carboxylic acids is 1. The average Bonchev–Trinajstić information content (AvgIpc) is 3.52. The van der Waals surface area contributed by atoms with Crippen molar-refractivity contribution >= 4 is 6.29 Å². The summed E-state index contributed by atoms with van der Waals surface area (Å²) >= 11 is 0. The van der Waals surface area contributed by atoms with Crippen molar-refractivity contribution in [3.05, 3.63) is 46.0 Å². The third-order valence-corrected chi connectivity index (χ3v) is 15.5. The number of hydrogen-bond acceptors (Lipinski definition) is 18. The minimum absolute atomic E-state index is 0.00613. The van der Waals surface area contributed by atoms with E-state index in [9.17, 15) is 55.5 Å². The minimum Gasteiger partial charge on any atom is -0.431 e. The van der Waals surface area contributed by atoms with Crippen LogP contribution in [0.5, 0.6) is 0 Å². The van der Waals surface area contributed by atoms with Gasteiger partial charge in [-0.3, -0.25) is 0 Å². The Hall–Kier alpha value is -2.24. The number of fused-ring (bicyclic) bond motifs is 5. The van der Waals surface area contributed by atoms with Crippen LogP contribution in [0.3, 0.4) is 0 Å². The molecule has 0 spiro atoms. The van der Waals surface area contributed by atoms with Crippen molar-refractivity contribution in [3.63, 3.8) is 0 Å².